The summed E-state index contributed by atoms with van der Waals surface area (Å²) in [6.07, 6.45) is 4.68. The number of aromatic hydroxyl groups is 2. The van der Waals surface area contributed by atoms with E-state index in [9.17, 15) is 10.2 Å². The van der Waals surface area contributed by atoms with Crippen molar-refractivity contribution in [2.75, 3.05) is 14.2 Å². The summed E-state index contributed by atoms with van der Waals surface area (Å²) in [5, 5.41) is 20.7. The first-order valence-corrected chi connectivity index (χ1v) is 10.9. The molecule has 176 valence electrons. The third-order valence-electron chi connectivity index (χ3n) is 4.78. The van der Waals surface area contributed by atoms with Crippen LogP contribution in [-0.4, -0.2) is 30.5 Å². The smallest absolute Gasteiger partial charge is 0.130 e. The molecule has 2 unspecified atom stereocenters. The largest absolute Gasteiger partial charge is 0.507 e. The number of allylic oxidation sites excluding steroid dienone is 1. The van der Waals surface area contributed by atoms with Crippen molar-refractivity contribution >= 4 is 11.6 Å². The van der Waals surface area contributed by atoms with E-state index in [1.807, 2.05) is 65.8 Å². The molecule has 2 aromatic carbocycles. The molecule has 0 saturated carbocycles. The summed E-state index contributed by atoms with van der Waals surface area (Å²) in [6.45, 7) is 11.9. The highest BCUT2D eigenvalue weighted by Crippen LogP contribution is 2.51. The molecular formula is C26H37NO5. The van der Waals surface area contributed by atoms with Crippen LogP contribution in [0, 0.1) is 6.92 Å². The second kappa shape index (κ2) is 12.7. The Morgan fingerprint density at radius 2 is 1.59 bits per heavy atom. The molecule has 6 nitrogen and oxygen atoms in total. The molecule has 2 aromatic rings. The van der Waals surface area contributed by atoms with Crippen LogP contribution in [0.25, 0.3) is 11.6 Å². The fourth-order valence-corrected chi connectivity index (χ4v) is 3.50. The number of nitrogens with two attached hydrogens (primary N) is 1. The number of aryl methyl sites for hydroxylation is 1. The maximum Gasteiger partial charge on any atom is 0.130 e. The van der Waals surface area contributed by atoms with Crippen molar-refractivity contribution in [2.24, 2.45) is 5.73 Å². The highest BCUT2D eigenvalue weighted by atomic mass is 16.6. The van der Waals surface area contributed by atoms with E-state index >= 15 is 0 Å². The maximum absolute atomic E-state index is 10.3. The van der Waals surface area contributed by atoms with Crippen molar-refractivity contribution in [3.63, 3.8) is 0 Å². The molecule has 1 fully saturated rings. The highest BCUT2D eigenvalue weighted by Gasteiger charge is 2.45. The van der Waals surface area contributed by atoms with E-state index in [0.29, 0.717) is 11.3 Å². The van der Waals surface area contributed by atoms with Gasteiger partial charge in [-0.15, -0.1) is 0 Å². The van der Waals surface area contributed by atoms with E-state index < -0.39 is 0 Å². The van der Waals surface area contributed by atoms with E-state index in [-0.39, 0.29) is 29.3 Å². The van der Waals surface area contributed by atoms with Gasteiger partial charge in [0.05, 0.1) is 19.8 Å². The summed E-state index contributed by atoms with van der Waals surface area (Å²) < 4.78 is 16.4. The van der Waals surface area contributed by atoms with Gasteiger partial charge in [0.15, 0.2) is 0 Å². The fraction of sp³-hybridized carbons (Fsp3) is 0.385. The van der Waals surface area contributed by atoms with E-state index in [1.165, 1.54) is 25.4 Å². The monoisotopic (exact) mass is 443 g/mol. The second-order valence-electron chi connectivity index (χ2n) is 6.60. The Morgan fingerprint density at radius 3 is 2.06 bits per heavy atom. The third kappa shape index (κ3) is 5.77. The fourth-order valence-electron chi connectivity index (χ4n) is 3.50. The van der Waals surface area contributed by atoms with Crippen LogP contribution in [-0.2, 0) is 4.74 Å². The Morgan fingerprint density at radius 1 is 1.00 bits per heavy atom. The molecule has 0 aromatic heterocycles. The molecule has 6 heteroatoms. The van der Waals surface area contributed by atoms with Crippen LogP contribution in [0.1, 0.15) is 63.0 Å². The predicted octanol–water partition coefficient (Wildman–Crippen LogP) is 5.95. The number of phenols is 2. The van der Waals surface area contributed by atoms with Gasteiger partial charge in [-0.2, -0.15) is 0 Å². The first-order valence-electron chi connectivity index (χ1n) is 10.9. The SMILES string of the molecule is C/C=C\c1cc(C2OC2/C(=C\N)c2c(O)cc(OC)cc2O)cc(C)c1OC.CC.CC. The minimum absolute atomic E-state index is 0.122. The van der Waals surface area contributed by atoms with Crippen LogP contribution in [0.5, 0.6) is 23.0 Å². The molecule has 0 radical (unpaired) electrons. The van der Waals surface area contributed by atoms with Crippen LogP contribution in [0.4, 0.5) is 0 Å². The van der Waals surface area contributed by atoms with Gasteiger partial charge in [0.2, 0.25) is 0 Å². The topological polar surface area (TPSA) is 97.5 Å². The van der Waals surface area contributed by atoms with Gasteiger partial charge in [-0.25, -0.2) is 0 Å². The van der Waals surface area contributed by atoms with Crippen LogP contribution in [0.3, 0.4) is 0 Å². The lowest BCUT2D eigenvalue weighted by Gasteiger charge is -2.12. The molecule has 1 aliphatic heterocycles. The minimum Gasteiger partial charge on any atom is -0.507 e. The van der Waals surface area contributed by atoms with Crippen molar-refractivity contribution in [3.8, 4) is 23.0 Å². The lowest BCUT2D eigenvalue weighted by molar-refractivity contribution is 0.389. The molecule has 1 heterocycles. The first kappa shape index (κ1) is 26.9. The number of methoxy groups -OCH3 is 2. The normalized spacial score (nSPS) is 17.1. The molecule has 0 aliphatic carbocycles. The molecule has 1 aliphatic rings. The van der Waals surface area contributed by atoms with Crippen LogP contribution >= 0.6 is 0 Å². The molecule has 0 spiro atoms. The zero-order valence-electron chi connectivity index (χ0n) is 20.4. The van der Waals surface area contributed by atoms with Gasteiger partial charge >= 0.3 is 0 Å². The average molecular weight is 444 g/mol. The molecule has 0 amide bonds. The predicted molar refractivity (Wildman–Crippen MR) is 131 cm³/mol. The van der Waals surface area contributed by atoms with Gasteiger partial charge < -0.3 is 30.2 Å². The van der Waals surface area contributed by atoms with E-state index in [1.54, 1.807) is 7.11 Å². The van der Waals surface area contributed by atoms with Gasteiger partial charge in [0.1, 0.15) is 35.2 Å². The molecular weight excluding hydrogens is 406 g/mol. The summed E-state index contributed by atoms with van der Waals surface area (Å²) >= 11 is 0. The minimum atomic E-state index is -0.374. The van der Waals surface area contributed by atoms with E-state index in [4.69, 9.17) is 19.9 Å². The number of rotatable bonds is 6. The Bertz CT molecular complexity index is 926. The van der Waals surface area contributed by atoms with Crippen molar-refractivity contribution in [1.29, 1.82) is 0 Å². The lowest BCUT2D eigenvalue weighted by Crippen LogP contribution is -2.01. The standard InChI is InChI=1S/C22H25NO5.2C2H6/c1-5-6-13-8-14(7-12(2)20(13)27-4)21-22(28-21)16(11-23)19-17(24)9-15(26-3)10-18(19)25;2*1-2/h5-11,21-22,24-25H,23H2,1-4H3;2*1-2H3/b6-5-,16-11-;;. The third-order valence-corrected chi connectivity index (χ3v) is 4.78. The lowest BCUT2D eigenvalue weighted by atomic mass is 9.95. The Kier molecular flexibility index (Phi) is 10.7. The second-order valence-corrected chi connectivity index (χ2v) is 6.60. The van der Waals surface area contributed by atoms with E-state index in [2.05, 4.69) is 0 Å². The molecule has 32 heavy (non-hydrogen) atoms. The van der Waals surface area contributed by atoms with Gasteiger partial charge in [-0.05, 0) is 37.1 Å². The number of ether oxygens (including phenoxy) is 3. The molecule has 3 rings (SSSR count). The van der Waals surface area contributed by atoms with Gasteiger partial charge in [0, 0.05) is 29.5 Å². The van der Waals surface area contributed by atoms with Crippen molar-refractivity contribution in [1.82, 2.24) is 0 Å². The Balaban J connectivity index is 0.00000121. The molecule has 0 bridgehead atoms. The van der Waals surface area contributed by atoms with Gasteiger partial charge in [0.25, 0.3) is 0 Å². The molecule has 4 N–H and O–H groups in total. The quantitative estimate of drug-likeness (QED) is 0.477. The molecule has 1 saturated heterocycles. The van der Waals surface area contributed by atoms with E-state index in [0.717, 1.165) is 22.4 Å². The number of benzene rings is 2. The van der Waals surface area contributed by atoms with Crippen LogP contribution in [0.2, 0.25) is 0 Å². The van der Waals surface area contributed by atoms with Crippen LogP contribution in [0.15, 0.2) is 36.5 Å². The summed E-state index contributed by atoms with van der Waals surface area (Å²) in [5.74, 6) is 0.927. The van der Waals surface area contributed by atoms with Crippen molar-refractivity contribution < 1.29 is 24.4 Å². The zero-order valence-corrected chi connectivity index (χ0v) is 20.4. The molecule has 2 atom stereocenters. The average Bonchev–Trinajstić information content (AvgIpc) is 3.59. The summed E-state index contributed by atoms with van der Waals surface area (Å²) in [7, 11) is 3.11. The van der Waals surface area contributed by atoms with Gasteiger partial charge in [-0.1, -0.05) is 39.8 Å². The number of hydrogen-bond donors (Lipinski definition) is 3. The summed E-state index contributed by atoms with van der Waals surface area (Å²) in [6, 6.07) is 6.88. The maximum atomic E-state index is 10.3. The first-order chi connectivity index (χ1) is 15.4. The zero-order chi connectivity index (χ0) is 24.4. The van der Waals surface area contributed by atoms with Crippen molar-refractivity contribution in [2.45, 2.75) is 53.8 Å². The number of epoxide rings is 1. The highest BCUT2D eigenvalue weighted by molar-refractivity contribution is 5.80. The summed E-state index contributed by atoms with van der Waals surface area (Å²) in [4.78, 5) is 0. The Labute approximate surface area is 191 Å². The van der Waals surface area contributed by atoms with Crippen molar-refractivity contribution in [3.05, 3.63) is 58.8 Å². The van der Waals surface area contributed by atoms with Gasteiger partial charge in [-0.3, -0.25) is 0 Å². The number of phenolic OH excluding ortho intramolecular Hbond substituents is 2. The van der Waals surface area contributed by atoms with Crippen LogP contribution < -0.4 is 15.2 Å². The Hall–Kier alpha value is -3.12. The number of hydrogen-bond acceptors (Lipinski definition) is 6. The summed E-state index contributed by atoms with van der Waals surface area (Å²) in [5.41, 5.74) is 9.52.